The Balaban J connectivity index is 0.579. The molecule has 0 amide bonds. The van der Waals surface area contributed by atoms with Crippen molar-refractivity contribution < 1.29 is 4.79 Å². The van der Waals surface area contributed by atoms with Gasteiger partial charge in [0.05, 0.1) is 27.5 Å². The molecular formula is C134H92N8O. The second-order valence-corrected chi connectivity index (χ2v) is 38.4. The average Bonchev–Trinajstić information content (AvgIpc) is 1.52. The molecule has 0 aliphatic heterocycles. The van der Waals surface area contributed by atoms with Gasteiger partial charge < -0.3 is 0 Å². The molecule has 2 aliphatic carbocycles. The zero-order chi connectivity index (χ0) is 95.7. The highest BCUT2D eigenvalue weighted by Gasteiger charge is 2.47. The molecule has 0 saturated carbocycles. The van der Waals surface area contributed by atoms with E-state index in [4.69, 9.17) is 29.9 Å². The maximum absolute atomic E-state index is 14.6. The molecule has 2 aliphatic rings. The minimum absolute atomic E-state index is 0.0649. The van der Waals surface area contributed by atoms with Crippen LogP contribution in [-0.4, -0.2) is 44.8 Å². The monoisotopic (exact) mass is 1830 g/mol. The van der Waals surface area contributed by atoms with Crippen LogP contribution in [0.25, 0.3) is 212 Å². The lowest BCUT2D eigenvalue weighted by Gasteiger charge is -2.34. The first-order valence-electron chi connectivity index (χ1n) is 49.0. The topological polar surface area (TPSA) is 104 Å². The van der Waals surface area contributed by atoms with E-state index in [1.54, 1.807) is 0 Å². The van der Waals surface area contributed by atoms with Gasteiger partial charge in [0.1, 0.15) is 0 Å². The van der Waals surface area contributed by atoms with Crippen molar-refractivity contribution in [1.82, 2.24) is 39.0 Å². The van der Waals surface area contributed by atoms with Gasteiger partial charge in [-0.1, -0.05) is 402 Å². The van der Waals surface area contributed by atoms with E-state index in [9.17, 15) is 4.79 Å². The first-order chi connectivity index (χ1) is 70.3. The predicted molar refractivity (Wildman–Crippen MR) is 586 cm³/mol. The summed E-state index contributed by atoms with van der Waals surface area (Å²) in [6.07, 6.45) is 0. The Morgan fingerprint density at radius 3 is 1.06 bits per heavy atom. The van der Waals surface area contributed by atoms with Gasteiger partial charge in [0.25, 0.3) is 0 Å². The lowest BCUT2D eigenvalue weighted by molar-refractivity contribution is 0.103. The molecule has 4 aromatic heterocycles. The van der Waals surface area contributed by atoms with E-state index in [2.05, 4.69) is 432 Å². The van der Waals surface area contributed by atoms with Crippen molar-refractivity contribution in [3.63, 3.8) is 0 Å². The highest BCUT2D eigenvalue weighted by atomic mass is 16.1. The summed E-state index contributed by atoms with van der Waals surface area (Å²) < 4.78 is 4.43. The number of fused-ring (bicyclic) bond motifs is 12. The third-order valence-electron chi connectivity index (χ3n) is 29.8. The summed E-state index contributed by atoms with van der Waals surface area (Å²) >= 11 is 0. The van der Waals surface area contributed by atoms with E-state index < -0.39 is 5.41 Å². The molecule has 0 N–H and O–H groups in total. The van der Waals surface area contributed by atoms with Crippen molar-refractivity contribution in [2.24, 2.45) is 0 Å². The number of carbonyl (C=O) groups excluding carboxylic acids is 1. The molecular weight excluding hydrogens is 1740 g/mol. The van der Waals surface area contributed by atoms with Gasteiger partial charge in [-0.3, -0.25) is 13.9 Å². The van der Waals surface area contributed by atoms with E-state index in [1.807, 2.05) is 78.9 Å². The van der Waals surface area contributed by atoms with Crippen LogP contribution in [0.1, 0.15) is 79.8 Å². The van der Waals surface area contributed by atoms with E-state index >= 15 is 0 Å². The molecule has 0 spiro atoms. The predicted octanol–water partition coefficient (Wildman–Crippen LogP) is 33.1. The SMILES string of the molecule is Cc1c(-c2ccccc2)c(C)c(-c2cccc(-c3nc(-c4ccccc4)nc(-n4c5cc(C(=O)c6ccccc6)ccc5c5cc6c(cc54)C(C)(C)c4ccccc4-6)n3)c2)c(C)c1-c1cccc(-c2ccc(-c3cc(-c4cccc(-c5ccccc5)c4)cc(-c4cccc(-c5nc(-c6ccccc6)nc(-n6c7ccccc7c7cc8c(cc76)C(c6ccccc6)(c6ccccc6)c6ccccc6-8)n5)c4)c3)cc2)c1. The zero-order valence-electron chi connectivity index (χ0n) is 79.4. The first-order valence-corrected chi connectivity index (χ1v) is 49.0. The molecule has 0 atom stereocenters. The zero-order valence-corrected chi connectivity index (χ0v) is 79.4. The van der Waals surface area contributed by atoms with Crippen LogP contribution in [0.15, 0.2) is 467 Å². The standard InChI is InChI=1S/C134H92N8O/c1-83-123(89-39-15-7-16-40-89)84(2)125(98-52-36-54-101(74-98)130-136-128(92-45-21-10-22-46-92)138-132(140-130)142-120-78-99(126(143)90-41-17-8-18-42-90)69-70-110(120)114-79-111-107-59-27-30-62-115(107)133(4,5)117(111)81-121(114)142)85(3)124(83)97-51-34-48-94(72-97)87-65-67-88(68-66-87)102-75-103(95-49-33-47-93(71-95)86-37-13-6-14-38-86)77-104(76-102)96-50-35-53-100(73-96)129-135-127(91-43-19-9-20-44-91)137-131(139-129)141-119-64-32-29-61-109(119)113-80-112-108-60-28-31-63-116(108)134(118(112)82-122(113)141,105-55-23-11-24-56-105)106-57-25-12-26-58-106/h6-82H,1-5H3. The fourth-order valence-corrected chi connectivity index (χ4v) is 23.2. The summed E-state index contributed by atoms with van der Waals surface area (Å²) in [5, 5.41) is 4.25. The van der Waals surface area contributed by atoms with Gasteiger partial charge in [-0.2, -0.15) is 19.9 Å². The first kappa shape index (κ1) is 85.1. The van der Waals surface area contributed by atoms with E-state index in [-0.39, 0.29) is 11.2 Å². The second kappa shape index (κ2) is 34.4. The smallest absolute Gasteiger partial charge is 0.238 e. The van der Waals surface area contributed by atoms with Crippen LogP contribution >= 0.6 is 0 Å². The van der Waals surface area contributed by atoms with Crippen molar-refractivity contribution in [3.8, 4) is 169 Å². The maximum Gasteiger partial charge on any atom is 0.238 e. The lowest BCUT2D eigenvalue weighted by Crippen LogP contribution is -2.28. The van der Waals surface area contributed by atoms with Crippen molar-refractivity contribution in [3.05, 3.63) is 528 Å². The van der Waals surface area contributed by atoms with Crippen LogP contribution in [0.2, 0.25) is 0 Å². The summed E-state index contributed by atoms with van der Waals surface area (Å²) in [6, 6.07) is 167. The van der Waals surface area contributed by atoms with Crippen LogP contribution in [0.5, 0.6) is 0 Å². The van der Waals surface area contributed by atoms with Crippen LogP contribution in [0, 0.1) is 20.8 Å². The van der Waals surface area contributed by atoms with Crippen LogP contribution in [-0.2, 0) is 10.8 Å². The summed E-state index contributed by atoms with van der Waals surface area (Å²) in [4.78, 5) is 47.8. The van der Waals surface area contributed by atoms with Crippen molar-refractivity contribution in [2.75, 3.05) is 0 Å². The van der Waals surface area contributed by atoms with Gasteiger partial charge in [-0.15, -0.1) is 0 Å². The number of nitrogens with zero attached hydrogens (tertiary/aromatic N) is 8. The van der Waals surface area contributed by atoms with Crippen LogP contribution < -0.4 is 0 Å². The highest BCUT2D eigenvalue weighted by Crippen LogP contribution is 2.59. The van der Waals surface area contributed by atoms with Crippen LogP contribution in [0.4, 0.5) is 0 Å². The number of hydrogen-bond acceptors (Lipinski definition) is 7. The molecule has 20 aromatic carbocycles. The molecule has 4 heterocycles. The van der Waals surface area contributed by atoms with Gasteiger partial charge in [0.2, 0.25) is 11.9 Å². The summed E-state index contributed by atoms with van der Waals surface area (Å²) in [5.41, 5.74) is 40.8. The quantitative estimate of drug-likeness (QED) is 0.0788. The van der Waals surface area contributed by atoms with Crippen LogP contribution in [0.3, 0.4) is 0 Å². The summed E-state index contributed by atoms with van der Waals surface area (Å²) in [7, 11) is 0. The maximum atomic E-state index is 14.6. The Labute approximate surface area is 829 Å². The molecule has 143 heavy (non-hydrogen) atoms. The Morgan fingerprint density at radius 1 is 0.210 bits per heavy atom. The molecule has 26 rings (SSSR count). The summed E-state index contributed by atoms with van der Waals surface area (Å²) in [5.74, 6) is 3.06. The second-order valence-electron chi connectivity index (χ2n) is 38.4. The van der Waals surface area contributed by atoms with Crippen molar-refractivity contribution >= 4 is 49.4 Å². The normalized spacial score (nSPS) is 12.7. The Bertz CT molecular complexity index is 9210. The van der Waals surface area contributed by atoms with Gasteiger partial charge in [0.15, 0.2) is 29.1 Å². The number of benzene rings is 20. The fraction of sp³-hybridized carbons (Fsp3) is 0.0522. The average molecular weight is 1830 g/mol. The lowest BCUT2D eigenvalue weighted by atomic mass is 9.67. The van der Waals surface area contributed by atoms with E-state index in [1.165, 1.54) is 77.9 Å². The minimum atomic E-state index is -0.635. The minimum Gasteiger partial charge on any atom is -0.289 e. The fourth-order valence-electron chi connectivity index (χ4n) is 23.2. The van der Waals surface area contributed by atoms with E-state index in [0.29, 0.717) is 46.3 Å². The molecule has 0 radical (unpaired) electrons. The molecule has 0 saturated heterocycles. The third kappa shape index (κ3) is 14.3. The number of ketones is 1. The van der Waals surface area contributed by atoms with Crippen molar-refractivity contribution in [1.29, 1.82) is 0 Å². The molecule has 9 nitrogen and oxygen atoms in total. The summed E-state index contributed by atoms with van der Waals surface area (Å²) in [6.45, 7) is 11.5. The third-order valence-corrected chi connectivity index (χ3v) is 29.8. The van der Waals surface area contributed by atoms with Gasteiger partial charge >= 0.3 is 0 Å². The largest absolute Gasteiger partial charge is 0.289 e. The van der Waals surface area contributed by atoms with Gasteiger partial charge in [-0.05, 0) is 261 Å². The molecule has 24 aromatic rings. The number of rotatable bonds is 18. The molecule has 0 bridgehead atoms. The number of aromatic nitrogens is 8. The Hall–Kier alpha value is -18.3. The van der Waals surface area contributed by atoms with Gasteiger partial charge in [-0.25, -0.2) is 9.97 Å². The highest BCUT2D eigenvalue weighted by molar-refractivity contribution is 6.17. The number of para-hydroxylation sites is 1. The molecule has 0 unspecified atom stereocenters. The Kier molecular flexibility index (Phi) is 20.5. The van der Waals surface area contributed by atoms with E-state index in [0.717, 1.165) is 149 Å². The van der Waals surface area contributed by atoms with Gasteiger partial charge in [0, 0.05) is 60.3 Å². The molecule has 674 valence electrons. The molecule has 0 fully saturated rings. The molecule has 9 heteroatoms. The number of carbonyl (C=O) groups is 1. The Morgan fingerprint density at radius 2 is 0.538 bits per heavy atom. The van der Waals surface area contributed by atoms with Crippen molar-refractivity contribution in [2.45, 2.75) is 45.4 Å². The number of hydrogen-bond donors (Lipinski definition) is 0.